The normalized spacial score (nSPS) is 14.1. The van der Waals surface area contributed by atoms with E-state index in [0.717, 1.165) is 148 Å². The van der Waals surface area contributed by atoms with Crippen molar-refractivity contribution in [2.75, 3.05) is 47.5 Å². The van der Waals surface area contributed by atoms with Gasteiger partial charge in [0, 0.05) is 12.8 Å². The summed E-state index contributed by atoms with van der Waals surface area (Å²) in [7, 11) is 1.46. The monoisotopic (exact) mass is 1320 g/mol. The van der Waals surface area contributed by atoms with Crippen LogP contribution in [0.15, 0.2) is 182 Å². The Kier molecular flexibility index (Phi) is 68.6. The number of hydrogen-bond acceptors (Lipinski definition) is 7. The Balaban J connectivity index is 4.09. The average molecular weight is 1320 g/mol. The Morgan fingerprint density at radius 3 is 0.851 bits per heavy atom. The van der Waals surface area contributed by atoms with Crippen molar-refractivity contribution in [2.24, 2.45) is 0 Å². The molecule has 0 fully saturated rings. The van der Waals surface area contributed by atoms with Crippen molar-refractivity contribution in [1.82, 2.24) is 0 Å². The standard InChI is InChI=1S/C84H138NO8P/c1-6-8-10-12-14-16-18-20-22-24-26-28-30-32-34-36-38-40-41-42-43-45-47-49-51-53-55-57-59-61-63-65-67-69-71-73-75-77-84(87)93-82(81-92-94(88,89)91-79-78-85(3,4)5)80-90-83(86)76-74-72-70-68-66-64-62-60-58-56-54-52-50-48-46-44-39-37-35-33-31-29-27-25-23-21-19-17-15-13-11-9-7-2/h8-11,14-17,20-23,26-29,32-35,38-40,42-44,47-50,82H,6-7,12-13,18-19,24-25,30-31,36-37,41,45-46,51-81H2,1-5H3/p+1/b10-8-,11-9-,16-14-,17-15-,22-20-,23-21-,28-26-,29-27-,34-32-,35-33-,40-38-,43-42-,44-39-,49-47-,50-48-. The van der Waals surface area contributed by atoms with E-state index in [0.29, 0.717) is 17.4 Å². The van der Waals surface area contributed by atoms with Crippen molar-refractivity contribution in [1.29, 1.82) is 0 Å². The Morgan fingerprint density at radius 2 is 0.574 bits per heavy atom. The minimum Gasteiger partial charge on any atom is -0.462 e. The molecule has 0 aromatic rings. The Bertz CT molecular complexity index is 2240. The van der Waals surface area contributed by atoms with Crippen LogP contribution in [0.1, 0.15) is 284 Å². The molecule has 9 nitrogen and oxygen atoms in total. The number of phosphoric acid groups is 1. The molecular weight excluding hydrogens is 1180 g/mol. The van der Waals surface area contributed by atoms with Gasteiger partial charge in [0.05, 0.1) is 27.7 Å². The van der Waals surface area contributed by atoms with Gasteiger partial charge in [-0.2, -0.15) is 0 Å². The summed E-state index contributed by atoms with van der Waals surface area (Å²) in [6.45, 7) is 4.20. The summed E-state index contributed by atoms with van der Waals surface area (Å²) in [4.78, 5) is 36.0. The zero-order chi connectivity index (χ0) is 68.3. The first-order valence-electron chi connectivity index (χ1n) is 37.5. The summed E-state index contributed by atoms with van der Waals surface area (Å²) in [6, 6.07) is 0. The van der Waals surface area contributed by atoms with Gasteiger partial charge < -0.3 is 18.9 Å². The molecule has 1 N–H and O–H groups in total. The number of rotatable bonds is 67. The lowest BCUT2D eigenvalue weighted by Gasteiger charge is -2.24. The molecule has 2 atom stereocenters. The van der Waals surface area contributed by atoms with Crippen molar-refractivity contribution < 1.29 is 42.1 Å². The van der Waals surface area contributed by atoms with Crippen LogP contribution in [0.25, 0.3) is 0 Å². The number of esters is 2. The summed E-state index contributed by atoms with van der Waals surface area (Å²) >= 11 is 0. The summed E-state index contributed by atoms with van der Waals surface area (Å²) in [5, 5.41) is 0. The summed E-state index contributed by atoms with van der Waals surface area (Å²) in [5.41, 5.74) is 0. The second-order valence-electron chi connectivity index (χ2n) is 25.6. The highest BCUT2D eigenvalue weighted by Gasteiger charge is 2.27. The molecule has 0 aromatic heterocycles. The number of nitrogens with zero attached hydrogens (tertiary/aromatic N) is 1. The van der Waals surface area contributed by atoms with E-state index in [4.69, 9.17) is 18.5 Å². The van der Waals surface area contributed by atoms with Gasteiger partial charge in [0.15, 0.2) is 6.10 Å². The van der Waals surface area contributed by atoms with Crippen LogP contribution in [0.3, 0.4) is 0 Å². The molecule has 0 radical (unpaired) electrons. The Hall–Kier alpha value is -4.89. The average Bonchev–Trinajstić information content (AvgIpc) is 1.56. The lowest BCUT2D eigenvalue weighted by molar-refractivity contribution is -0.870. The van der Waals surface area contributed by atoms with E-state index in [1.54, 1.807) is 0 Å². The van der Waals surface area contributed by atoms with Crippen molar-refractivity contribution in [3.05, 3.63) is 182 Å². The molecule has 0 aliphatic heterocycles. The molecule has 0 heterocycles. The number of carbonyl (C=O) groups excluding carboxylic acids is 2. The molecule has 0 amide bonds. The van der Waals surface area contributed by atoms with Crippen LogP contribution in [0.4, 0.5) is 0 Å². The fraction of sp³-hybridized carbons (Fsp3) is 0.619. The predicted molar refractivity (Wildman–Crippen MR) is 408 cm³/mol. The molecule has 532 valence electrons. The van der Waals surface area contributed by atoms with E-state index in [9.17, 15) is 19.0 Å². The molecule has 10 heteroatoms. The third-order valence-electron chi connectivity index (χ3n) is 15.4. The Morgan fingerprint density at radius 1 is 0.330 bits per heavy atom. The van der Waals surface area contributed by atoms with Crippen LogP contribution in [0, 0.1) is 0 Å². The topological polar surface area (TPSA) is 108 Å². The van der Waals surface area contributed by atoms with Gasteiger partial charge in [-0.3, -0.25) is 18.6 Å². The number of ether oxygens (including phenoxy) is 2. The Labute approximate surface area is 578 Å². The summed E-state index contributed by atoms with van der Waals surface area (Å²) in [5.74, 6) is -0.809. The molecule has 0 rings (SSSR count). The lowest BCUT2D eigenvalue weighted by atomic mass is 10.0. The minimum absolute atomic E-state index is 0.0226. The highest BCUT2D eigenvalue weighted by atomic mass is 31.2. The van der Waals surface area contributed by atoms with Gasteiger partial charge in [-0.25, -0.2) is 4.57 Å². The lowest BCUT2D eigenvalue weighted by Crippen LogP contribution is -2.37. The number of likely N-dealkylation sites (N-methyl/N-ethyl adjacent to an activating group) is 1. The largest absolute Gasteiger partial charge is 0.472 e. The van der Waals surface area contributed by atoms with Crippen LogP contribution < -0.4 is 0 Å². The van der Waals surface area contributed by atoms with Gasteiger partial charge in [0.2, 0.25) is 0 Å². The zero-order valence-corrected chi connectivity index (χ0v) is 61.5. The SMILES string of the molecule is CC/C=C\C/C=C\C/C=C\C/C=C\C/C=C\C/C=C\C/C=C\C/C=C\CCCCCCCCCCCCCCC(=O)OC(COC(=O)CCCCCCCCCCCCC/C=C\C/C=C\C/C=C\C/C=C\C/C=C\C/C=C\C/C=C\CC)COP(=O)(O)OCC[N+](C)(C)C. The smallest absolute Gasteiger partial charge is 0.462 e. The molecule has 0 saturated carbocycles. The summed E-state index contributed by atoms with van der Waals surface area (Å²) < 4.78 is 34.8. The van der Waals surface area contributed by atoms with Crippen molar-refractivity contribution in [2.45, 2.75) is 290 Å². The first kappa shape index (κ1) is 89.1. The third-order valence-corrected chi connectivity index (χ3v) is 16.4. The van der Waals surface area contributed by atoms with Crippen LogP contribution in [0.2, 0.25) is 0 Å². The second-order valence-corrected chi connectivity index (χ2v) is 27.0. The quantitative estimate of drug-likeness (QED) is 0.0211. The number of unbranched alkanes of at least 4 members (excludes halogenated alkanes) is 23. The van der Waals surface area contributed by atoms with E-state index in [1.165, 1.54) is 103 Å². The highest BCUT2D eigenvalue weighted by molar-refractivity contribution is 7.47. The molecule has 0 saturated heterocycles. The molecule has 0 aliphatic carbocycles. The van der Waals surface area contributed by atoms with Crippen molar-refractivity contribution >= 4 is 19.8 Å². The maximum atomic E-state index is 12.9. The molecule has 0 spiro atoms. The first-order valence-corrected chi connectivity index (χ1v) is 39.0. The van der Waals surface area contributed by atoms with E-state index in [1.807, 2.05) is 21.1 Å². The summed E-state index contributed by atoms with van der Waals surface area (Å²) in [6.07, 6.45) is 111. The second kappa shape index (κ2) is 72.4. The van der Waals surface area contributed by atoms with E-state index in [-0.39, 0.29) is 32.0 Å². The van der Waals surface area contributed by atoms with Gasteiger partial charge in [0.1, 0.15) is 19.8 Å². The van der Waals surface area contributed by atoms with Gasteiger partial charge in [0.25, 0.3) is 0 Å². The van der Waals surface area contributed by atoms with Gasteiger partial charge in [-0.15, -0.1) is 0 Å². The van der Waals surface area contributed by atoms with Gasteiger partial charge in [-0.1, -0.05) is 318 Å². The van der Waals surface area contributed by atoms with Crippen LogP contribution in [0.5, 0.6) is 0 Å². The molecule has 0 aliphatic rings. The third kappa shape index (κ3) is 76.1. The van der Waals surface area contributed by atoms with Crippen molar-refractivity contribution in [3.8, 4) is 0 Å². The van der Waals surface area contributed by atoms with Gasteiger partial charge in [-0.05, 0) is 135 Å². The van der Waals surface area contributed by atoms with Crippen LogP contribution >= 0.6 is 7.82 Å². The molecule has 94 heavy (non-hydrogen) atoms. The maximum absolute atomic E-state index is 12.9. The molecular formula is C84H139NO8P+. The van der Waals surface area contributed by atoms with E-state index in [2.05, 4.69) is 196 Å². The predicted octanol–water partition coefficient (Wildman–Crippen LogP) is 25.0. The first-order chi connectivity index (χ1) is 46.0. The molecule has 0 bridgehead atoms. The molecule has 0 aromatic carbocycles. The van der Waals surface area contributed by atoms with E-state index < -0.39 is 26.5 Å². The number of allylic oxidation sites excluding steroid dienone is 30. The fourth-order valence-electron chi connectivity index (χ4n) is 9.78. The van der Waals surface area contributed by atoms with Crippen molar-refractivity contribution in [3.63, 3.8) is 0 Å². The van der Waals surface area contributed by atoms with Crippen LogP contribution in [-0.4, -0.2) is 74.9 Å². The maximum Gasteiger partial charge on any atom is 0.472 e. The van der Waals surface area contributed by atoms with E-state index >= 15 is 0 Å². The highest BCUT2D eigenvalue weighted by Crippen LogP contribution is 2.43. The molecule has 2 unspecified atom stereocenters. The zero-order valence-electron chi connectivity index (χ0n) is 60.6. The number of quaternary nitrogens is 1. The number of carbonyl (C=O) groups is 2. The number of phosphoric ester groups is 1. The minimum atomic E-state index is -4.41. The fourth-order valence-corrected chi connectivity index (χ4v) is 10.5. The van der Waals surface area contributed by atoms with Crippen LogP contribution in [-0.2, 0) is 32.7 Å². The number of hydrogen-bond donors (Lipinski definition) is 1. The van der Waals surface area contributed by atoms with Gasteiger partial charge >= 0.3 is 19.8 Å².